The van der Waals surface area contributed by atoms with Gasteiger partial charge in [-0.05, 0) is 24.1 Å². The Morgan fingerprint density at radius 2 is 1.71 bits per heavy atom. The van der Waals surface area contributed by atoms with Gasteiger partial charge >= 0.3 is 5.69 Å². The number of carbonyl (C=O) groups is 2. The molecule has 218 valence electrons. The van der Waals surface area contributed by atoms with Gasteiger partial charge in [-0.1, -0.05) is 24.6 Å². The van der Waals surface area contributed by atoms with E-state index in [1.54, 1.807) is 13.0 Å². The van der Waals surface area contributed by atoms with E-state index in [2.05, 4.69) is 10.3 Å². The molecule has 42 heavy (non-hydrogen) atoms. The van der Waals surface area contributed by atoms with Crippen LogP contribution >= 0.6 is 11.6 Å². The number of aromatic nitrogens is 2. The van der Waals surface area contributed by atoms with Gasteiger partial charge in [0.05, 0.1) is 26.9 Å². The lowest BCUT2D eigenvalue weighted by Gasteiger charge is -2.42. The van der Waals surface area contributed by atoms with Crippen LogP contribution in [-0.4, -0.2) is 53.2 Å². The molecule has 6 rings (SSSR count). The van der Waals surface area contributed by atoms with Crippen molar-refractivity contribution >= 4 is 29.0 Å². The number of carbonyl (C=O) groups excluding carboxylic acids is 2. The van der Waals surface area contributed by atoms with E-state index >= 15 is 0 Å². The number of anilines is 1. The van der Waals surface area contributed by atoms with Crippen molar-refractivity contribution in [3.63, 3.8) is 0 Å². The Morgan fingerprint density at radius 1 is 1.02 bits per heavy atom. The highest BCUT2D eigenvalue weighted by Crippen LogP contribution is 2.56. The number of nitrogens with zero attached hydrogens (tertiary/aromatic N) is 1. The van der Waals surface area contributed by atoms with Crippen molar-refractivity contribution in [3.8, 4) is 28.7 Å². The summed E-state index contributed by atoms with van der Waals surface area (Å²) in [6.07, 6.45) is 0.136. The molecule has 0 fully saturated rings. The predicted octanol–water partition coefficient (Wildman–Crippen LogP) is 2.89. The molecule has 3 aromatic rings. The zero-order valence-corrected chi connectivity index (χ0v) is 24.0. The predicted molar refractivity (Wildman–Crippen MR) is 150 cm³/mol. The first-order valence-electron chi connectivity index (χ1n) is 12.9. The second kappa shape index (κ2) is 9.41. The maximum absolute atomic E-state index is 14.8. The first kappa shape index (κ1) is 27.5. The number of nitrogens with one attached hydrogen (secondary N) is 2. The highest BCUT2D eigenvalue weighted by Gasteiger charge is 2.63. The van der Waals surface area contributed by atoms with Crippen molar-refractivity contribution in [2.45, 2.75) is 24.9 Å². The van der Waals surface area contributed by atoms with Gasteiger partial charge in [0, 0.05) is 36.2 Å². The molecule has 1 aliphatic carbocycles. The molecule has 3 atom stereocenters. The van der Waals surface area contributed by atoms with Crippen LogP contribution in [0.1, 0.15) is 40.7 Å². The molecule has 0 amide bonds. The van der Waals surface area contributed by atoms with Crippen molar-refractivity contribution in [2.24, 2.45) is 13.0 Å². The number of fused-ring (bicyclic) bond motifs is 2. The van der Waals surface area contributed by atoms with Gasteiger partial charge in [-0.3, -0.25) is 23.9 Å². The highest BCUT2D eigenvalue weighted by molar-refractivity contribution is 6.36. The van der Waals surface area contributed by atoms with Crippen molar-refractivity contribution in [3.05, 3.63) is 78.1 Å². The second-order valence-corrected chi connectivity index (χ2v) is 10.7. The molecule has 3 N–H and O–H groups in total. The fourth-order valence-electron chi connectivity index (χ4n) is 6.18. The van der Waals surface area contributed by atoms with Crippen molar-refractivity contribution in [2.75, 3.05) is 26.6 Å². The number of aromatic hydroxyl groups is 1. The van der Waals surface area contributed by atoms with Crippen LogP contribution in [-0.2, 0) is 11.8 Å². The molecule has 3 unspecified atom stereocenters. The number of allylic oxidation sites excluding steroid dienone is 1. The summed E-state index contributed by atoms with van der Waals surface area (Å²) in [5, 5.41) is 13.8. The average molecular weight is 596 g/mol. The molecule has 2 aliphatic heterocycles. The van der Waals surface area contributed by atoms with Crippen molar-refractivity contribution in [1.29, 1.82) is 0 Å². The molecule has 1 spiro atoms. The van der Waals surface area contributed by atoms with E-state index in [0.717, 1.165) is 0 Å². The van der Waals surface area contributed by atoms with Crippen molar-refractivity contribution in [1.82, 2.24) is 9.55 Å². The topological polar surface area (TPSA) is 158 Å². The number of benzene rings is 2. The molecule has 13 heteroatoms. The molecule has 2 aromatic carbocycles. The summed E-state index contributed by atoms with van der Waals surface area (Å²) >= 11 is 6.56. The fraction of sp³-hybridized carbons (Fsp3) is 0.310. The number of H-pyrrole nitrogens is 1. The first-order valence-corrected chi connectivity index (χ1v) is 13.3. The number of ketones is 2. The van der Waals surface area contributed by atoms with Gasteiger partial charge in [0.2, 0.25) is 17.2 Å². The monoisotopic (exact) mass is 595 g/mol. The van der Waals surface area contributed by atoms with E-state index in [9.17, 15) is 24.3 Å². The summed E-state index contributed by atoms with van der Waals surface area (Å²) in [6, 6.07) is 5.93. The molecular weight excluding hydrogens is 570 g/mol. The zero-order valence-electron chi connectivity index (χ0n) is 23.2. The van der Waals surface area contributed by atoms with Gasteiger partial charge in [-0.25, -0.2) is 4.79 Å². The maximum Gasteiger partial charge on any atom is 0.329 e. The normalized spacial score (nSPS) is 22.2. The molecule has 0 saturated heterocycles. The quantitative estimate of drug-likeness (QED) is 0.383. The van der Waals surface area contributed by atoms with E-state index in [0.29, 0.717) is 11.3 Å². The number of methoxy groups -OCH3 is 3. The lowest BCUT2D eigenvalue weighted by molar-refractivity contribution is -0.130. The Labute approximate surface area is 243 Å². The minimum atomic E-state index is -2.04. The van der Waals surface area contributed by atoms with E-state index in [1.165, 1.54) is 51.1 Å². The summed E-state index contributed by atoms with van der Waals surface area (Å²) in [6.45, 7) is 1.70. The molecule has 0 radical (unpaired) electrons. The lowest BCUT2D eigenvalue weighted by Crippen LogP contribution is -2.58. The van der Waals surface area contributed by atoms with E-state index < -0.39 is 40.3 Å². The molecule has 0 saturated carbocycles. The van der Waals surface area contributed by atoms with E-state index in [1.807, 2.05) is 0 Å². The van der Waals surface area contributed by atoms with Crippen LogP contribution in [0.25, 0.3) is 0 Å². The van der Waals surface area contributed by atoms with Crippen LogP contribution in [0.4, 0.5) is 5.82 Å². The Bertz CT molecular complexity index is 1880. The molecular formula is C29H26ClN3O9. The molecule has 0 bridgehead atoms. The summed E-state index contributed by atoms with van der Waals surface area (Å²) in [5.41, 5.74) is -2.51. The molecule has 3 aliphatic rings. The lowest BCUT2D eigenvalue weighted by atomic mass is 9.66. The van der Waals surface area contributed by atoms with Crippen LogP contribution in [0.15, 0.2) is 45.1 Å². The third-order valence-corrected chi connectivity index (χ3v) is 8.63. The number of phenols is 1. The number of rotatable bonds is 4. The van der Waals surface area contributed by atoms with Gasteiger partial charge in [0.15, 0.2) is 17.2 Å². The maximum atomic E-state index is 14.8. The highest BCUT2D eigenvalue weighted by atomic mass is 35.5. The third kappa shape index (κ3) is 3.47. The Balaban J connectivity index is 1.61. The minimum Gasteiger partial charge on any atom is -0.504 e. The van der Waals surface area contributed by atoms with Gasteiger partial charge in [-0.2, -0.15) is 0 Å². The van der Waals surface area contributed by atoms with Gasteiger partial charge in [0.25, 0.3) is 5.56 Å². The largest absolute Gasteiger partial charge is 0.504 e. The number of aromatic amines is 1. The smallest absolute Gasteiger partial charge is 0.329 e. The third-order valence-electron chi connectivity index (χ3n) is 8.27. The first-order chi connectivity index (χ1) is 20.0. The van der Waals surface area contributed by atoms with Crippen LogP contribution in [0.3, 0.4) is 0 Å². The summed E-state index contributed by atoms with van der Waals surface area (Å²) < 4.78 is 23.5. The molecule has 1 aromatic heterocycles. The van der Waals surface area contributed by atoms with Gasteiger partial charge in [-0.15, -0.1) is 0 Å². The van der Waals surface area contributed by atoms with E-state index in [4.69, 9.17) is 30.5 Å². The summed E-state index contributed by atoms with van der Waals surface area (Å²) in [5.74, 6) is -2.71. The summed E-state index contributed by atoms with van der Waals surface area (Å²) in [7, 11) is 5.64. The standard InChI is InChI=1S/C29H26ClN3O9/c1-11-8-13-19(24(35)29(11)25(36)20-16(40-4)10-17(41-5)22(30)23(20)42-29)18(12-6-7-15(39-3)14(34)9-12)21-26(31-13)33(2)28(38)32-27(21)37/h6-7,9-11,18,31,34H,8H2,1-5H3,(H,32,37,38). The van der Waals surface area contributed by atoms with Gasteiger partial charge < -0.3 is 29.4 Å². The fourth-order valence-corrected chi connectivity index (χ4v) is 6.45. The zero-order chi connectivity index (χ0) is 30.2. The summed E-state index contributed by atoms with van der Waals surface area (Å²) in [4.78, 5) is 57.2. The number of hydrogen-bond donors (Lipinski definition) is 3. The number of Topliss-reactive ketones (excluding diaryl/α,β-unsaturated/α-hetero) is 2. The molecule has 12 nitrogen and oxygen atoms in total. The van der Waals surface area contributed by atoms with Crippen LogP contribution < -0.4 is 35.5 Å². The second-order valence-electron chi connectivity index (χ2n) is 10.4. The van der Waals surface area contributed by atoms with Crippen LogP contribution in [0, 0.1) is 5.92 Å². The SMILES string of the molecule is COc1ccc(C2C3=C(CC(C)C4(Oc5c(Cl)c(OC)cc(OC)c5C4=O)C3=O)Nc3c2c(=O)[nH]c(=O)n3C)cc1O. The number of hydrogen-bond acceptors (Lipinski definition) is 10. The Morgan fingerprint density at radius 3 is 2.36 bits per heavy atom. The number of phenolic OH excluding ortho intramolecular Hbond substituents is 1. The minimum absolute atomic E-state index is 0.00786. The average Bonchev–Trinajstić information content (AvgIpc) is 3.28. The number of ether oxygens (including phenoxy) is 4. The Hall–Kier alpha value is -4.71. The molecule has 3 heterocycles. The van der Waals surface area contributed by atoms with Crippen molar-refractivity contribution < 1.29 is 33.6 Å². The van der Waals surface area contributed by atoms with Gasteiger partial charge in [0.1, 0.15) is 27.9 Å². The van der Waals surface area contributed by atoms with Crippen LogP contribution in [0.5, 0.6) is 28.7 Å². The van der Waals surface area contributed by atoms with E-state index in [-0.39, 0.29) is 62.7 Å². The number of halogens is 1. The van der Waals surface area contributed by atoms with Crippen LogP contribution in [0.2, 0.25) is 5.02 Å². The Kier molecular flexibility index (Phi) is 6.15.